The number of carbonyl (C=O) groups excluding carboxylic acids is 2. The minimum Gasteiger partial charge on any atom is -0.369 e. The Labute approximate surface area is 164 Å². The molecule has 0 saturated carbocycles. The zero-order chi connectivity index (χ0) is 19.2. The molecule has 1 aromatic carbocycles. The van der Waals surface area contributed by atoms with Crippen LogP contribution in [0.3, 0.4) is 0 Å². The van der Waals surface area contributed by atoms with Crippen LogP contribution >= 0.6 is 23.2 Å². The highest BCUT2D eigenvalue weighted by molar-refractivity contribution is 6.18. The molecule has 0 radical (unpaired) electrons. The molecule has 1 rings (SSSR count). The number of nitrogens with zero attached hydrogens (tertiary/aromatic N) is 1. The van der Waals surface area contributed by atoms with E-state index in [1.165, 1.54) is 0 Å². The first kappa shape index (κ1) is 22.5. The number of amides is 2. The molecule has 146 valence electrons. The van der Waals surface area contributed by atoms with E-state index >= 15 is 0 Å². The third-order valence-corrected chi connectivity index (χ3v) is 4.25. The first-order chi connectivity index (χ1) is 12.6. The summed E-state index contributed by atoms with van der Waals surface area (Å²) in [7, 11) is 0. The fourth-order valence-corrected chi connectivity index (χ4v) is 2.94. The molecule has 0 unspecified atom stereocenters. The van der Waals surface area contributed by atoms with E-state index in [0.717, 1.165) is 43.7 Å². The van der Waals surface area contributed by atoms with Gasteiger partial charge in [0.15, 0.2) is 0 Å². The minimum atomic E-state index is -0.373. The second-order valence-electron chi connectivity index (χ2n) is 5.91. The average Bonchev–Trinajstić information content (AvgIpc) is 2.64. The Morgan fingerprint density at radius 3 is 1.92 bits per heavy atom. The summed E-state index contributed by atoms with van der Waals surface area (Å²) in [6, 6.07) is 7.63. The molecule has 0 bridgehead atoms. The maximum Gasteiger partial charge on any atom is 0.243 e. The topological polar surface area (TPSA) is 81.7 Å². The van der Waals surface area contributed by atoms with Crippen molar-refractivity contribution in [3.05, 3.63) is 24.3 Å². The lowest BCUT2D eigenvalue weighted by Gasteiger charge is -2.23. The first-order valence-corrected chi connectivity index (χ1v) is 9.87. The average molecular weight is 404 g/mol. The fourth-order valence-electron chi connectivity index (χ4n) is 2.53. The predicted octanol–water partition coefficient (Wildman–Crippen LogP) is 3.76. The van der Waals surface area contributed by atoms with Crippen LogP contribution in [0.4, 0.5) is 11.4 Å². The Balaban J connectivity index is 2.30. The maximum absolute atomic E-state index is 12.0. The van der Waals surface area contributed by atoms with Crippen LogP contribution in [-0.4, -0.2) is 41.9 Å². The number of anilines is 2. The first-order valence-electron chi connectivity index (χ1n) is 8.80. The summed E-state index contributed by atoms with van der Waals surface area (Å²) >= 11 is 11.6. The van der Waals surface area contributed by atoms with Crippen LogP contribution in [0.15, 0.2) is 24.3 Å². The van der Waals surface area contributed by atoms with Crippen LogP contribution in [0.25, 0.3) is 0 Å². The van der Waals surface area contributed by atoms with E-state index in [1.807, 2.05) is 24.3 Å². The molecule has 0 atom stereocenters. The van der Waals surface area contributed by atoms with Crippen LogP contribution in [0.5, 0.6) is 0 Å². The molecule has 3 N–H and O–H groups in total. The third kappa shape index (κ3) is 9.27. The van der Waals surface area contributed by atoms with Crippen molar-refractivity contribution >= 4 is 46.4 Å². The SMILES string of the molecule is O=C(CCCCCCC(=O)Nc1ccc(N(CCCl)CCCl)cc1)NO. The number of carbonyl (C=O) groups is 2. The molecular formula is C18H27Cl2N3O3. The van der Waals surface area contributed by atoms with Gasteiger partial charge < -0.3 is 10.2 Å². The van der Waals surface area contributed by atoms with Crippen molar-refractivity contribution in [3.63, 3.8) is 0 Å². The summed E-state index contributed by atoms with van der Waals surface area (Å²) in [6.07, 6.45) is 3.95. The largest absolute Gasteiger partial charge is 0.369 e. The summed E-state index contributed by atoms with van der Waals surface area (Å²) in [6.45, 7) is 1.44. The van der Waals surface area contributed by atoms with Gasteiger partial charge in [0, 0.05) is 49.1 Å². The van der Waals surface area contributed by atoms with Crippen LogP contribution in [0.2, 0.25) is 0 Å². The van der Waals surface area contributed by atoms with Crippen LogP contribution in [-0.2, 0) is 9.59 Å². The van der Waals surface area contributed by atoms with Crippen molar-refractivity contribution in [2.24, 2.45) is 0 Å². The van der Waals surface area contributed by atoms with Crippen molar-refractivity contribution in [1.82, 2.24) is 5.48 Å². The number of hydrogen-bond acceptors (Lipinski definition) is 4. The van der Waals surface area contributed by atoms with Gasteiger partial charge in [0.05, 0.1) is 0 Å². The highest BCUT2D eigenvalue weighted by Gasteiger charge is 2.07. The minimum absolute atomic E-state index is 0.0239. The van der Waals surface area contributed by atoms with Gasteiger partial charge in [0.1, 0.15) is 0 Å². The predicted molar refractivity (Wildman–Crippen MR) is 106 cm³/mol. The molecule has 6 nitrogen and oxygen atoms in total. The van der Waals surface area contributed by atoms with Gasteiger partial charge in [-0.15, -0.1) is 23.2 Å². The molecule has 0 heterocycles. The van der Waals surface area contributed by atoms with Crippen molar-refractivity contribution in [2.45, 2.75) is 38.5 Å². The normalized spacial score (nSPS) is 10.4. The lowest BCUT2D eigenvalue weighted by Crippen LogP contribution is -2.27. The van der Waals surface area contributed by atoms with E-state index in [-0.39, 0.29) is 11.8 Å². The van der Waals surface area contributed by atoms with Gasteiger partial charge in [0.25, 0.3) is 0 Å². The Morgan fingerprint density at radius 1 is 0.885 bits per heavy atom. The van der Waals surface area contributed by atoms with Gasteiger partial charge in [-0.05, 0) is 37.1 Å². The zero-order valence-electron chi connectivity index (χ0n) is 14.8. The number of hydrogen-bond donors (Lipinski definition) is 3. The number of nitrogens with one attached hydrogen (secondary N) is 2. The lowest BCUT2D eigenvalue weighted by molar-refractivity contribution is -0.129. The van der Waals surface area contributed by atoms with Gasteiger partial charge in [-0.25, -0.2) is 5.48 Å². The summed E-state index contributed by atoms with van der Waals surface area (Å²) in [5, 5.41) is 11.3. The van der Waals surface area contributed by atoms with Crippen LogP contribution < -0.4 is 15.7 Å². The van der Waals surface area contributed by atoms with Gasteiger partial charge in [-0.2, -0.15) is 0 Å². The van der Waals surface area contributed by atoms with E-state index in [0.29, 0.717) is 31.0 Å². The number of alkyl halides is 2. The van der Waals surface area contributed by atoms with E-state index < -0.39 is 0 Å². The van der Waals surface area contributed by atoms with E-state index in [9.17, 15) is 9.59 Å². The molecule has 0 aliphatic heterocycles. The van der Waals surface area contributed by atoms with Crippen molar-refractivity contribution in [1.29, 1.82) is 0 Å². The van der Waals surface area contributed by atoms with Crippen LogP contribution in [0.1, 0.15) is 38.5 Å². The second-order valence-corrected chi connectivity index (χ2v) is 6.67. The number of hydroxylamine groups is 1. The Bertz CT molecular complexity index is 535. The highest BCUT2D eigenvalue weighted by atomic mass is 35.5. The molecule has 0 saturated heterocycles. The Hall–Kier alpha value is -1.50. The molecule has 1 aromatic rings. The summed E-state index contributed by atoms with van der Waals surface area (Å²) in [4.78, 5) is 24.9. The van der Waals surface area contributed by atoms with Crippen LogP contribution in [0, 0.1) is 0 Å². The molecule has 0 aliphatic carbocycles. The summed E-state index contributed by atoms with van der Waals surface area (Å²) in [5.74, 6) is 0.658. The molecule has 26 heavy (non-hydrogen) atoms. The van der Waals surface area contributed by atoms with Crippen molar-refractivity contribution in [3.8, 4) is 0 Å². The van der Waals surface area contributed by atoms with Crippen molar-refractivity contribution in [2.75, 3.05) is 35.1 Å². The second kappa shape index (κ2) is 13.7. The van der Waals surface area contributed by atoms with Crippen molar-refractivity contribution < 1.29 is 14.8 Å². The summed E-state index contributed by atoms with van der Waals surface area (Å²) in [5.41, 5.74) is 3.39. The molecule has 0 aliphatic rings. The smallest absolute Gasteiger partial charge is 0.243 e. The molecule has 0 aromatic heterocycles. The fraction of sp³-hybridized carbons (Fsp3) is 0.556. The maximum atomic E-state index is 12.0. The molecule has 0 fully saturated rings. The van der Waals surface area contributed by atoms with Gasteiger partial charge in [0.2, 0.25) is 11.8 Å². The molecule has 8 heteroatoms. The number of unbranched alkanes of at least 4 members (excludes halogenated alkanes) is 3. The molecule has 0 spiro atoms. The number of rotatable bonds is 13. The van der Waals surface area contributed by atoms with Gasteiger partial charge >= 0.3 is 0 Å². The number of benzene rings is 1. The Kier molecular flexibility index (Phi) is 11.9. The van der Waals surface area contributed by atoms with E-state index in [1.54, 1.807) is 5.48 Å². The Morgan fingerprint density at radius 2 is 1.42 bits per heavy atom. The quantitative estimate of drug-likeness (QED) is 0.202. The molecule has 2 amide bonds. The lowest BCUT2D eigenvalue weighted by atomic mass is 10.1. The molecular weight excluding hydrogens is 377 g/mol. The third-order valence-electron chi connectivity index (χ3n) is 3.91. The van der Waals surface area contributed by atoms with Gasteiger partial charge in [-0.3, -0.25) is 14.8 Å². The standard InChI is InChI=1S/C18H27Cl2N3O3/c19-11-13-23(14-12-20)16-9-7-15(8-10-16)21-17(24)5-3-1-2-4-6-18(25)22-26/h7-10,26H,1-6,11-14H2,(H,21,24)(H,22,25). The summed E-state index contributed by atoms with van der Waals surface area (Å²) < 4.78 is 0. The van der Waals surface area contributed by atoms with E-state index in [2.05, 4.69) is 10.2 Å². The van der Waals surface area contributed by atoms with E-state index in [4.69, 9.17) is 28.4 Å². The number of halogens is 2. The highest BCUT2D eigenvalue weighted by Crippen LogP contribution is 2.18. The van der Waals surface area contributed by atoms with Gasteiger partial charge in [-0.1, -0.05) is 12.8 Å². The monoisotopic (exact) mass is 403 g/mol. The zero-order valence-corrected chi connectivity index (χ0v) is 16.4.